The van der Waals surface area contributed by atoms with Crippen molar-refractivity contribution >= 4 is 15.9 Å². The van der Waals surface area contributed by atoms with Crippen LogP contribution in [0.2, 0.25) is 0 Å². The molecule has 0 heterocycles. The topological polar surface area (TPSA) is 9.23 Å². The van der Waals surface area contributed by atoms with Gasteiger partial charge in [-0.15, -0.1) is 0 Å². The molecule has 3 unspecified atom stereocenters. The first-order valence-electron chi connectivity index (χ1n) is 6.53. The third-order valence-corrected chi connectivity index (χ3v) is 5.20. The van der Waals surface area contributed by atoms with Crippen LogP contribution in [0.3, 0.4) is 0 Å². The van der Waals surface area contributed by atoms with E-state index in [1.807, 2.05) is 0 Å². The van der Waals surface area contributed by atoms with Crippen LogP contribution in [0.4, 0.5) is 0 Å². The van der Waals surface area contributed by atoms with E-state index >= 15 is 0 Å². The maximum absolute atomic E-state index is 6.07. The molecule has 1 nitrogen and oxygen atoms in total. The monoisotopic (exact) mass is 274 g/mol. The Morgan fingerprint density at radius 3 is 2.47 bits per heavy atom. The van der Waals surface area contributed by atoms with Crippen molar-refractivity contribution in [2.45, 2.75) is 62.8 Å². The predicted octanol–water partition coefficient (Wildman–Crippen LogP) is 4.15. The maximum Gasteiger partial charge on any atom is 0.0700 e. The van der Waals surface area contributed by atoms with E-state index in [-0.39, 0.29) is 0 Å². The molecule has 2 rings (SSSR count). The minimum Gasteiger partial charge on any atom is -0.377 e. The highest BCUT2D eigenvalue weighted by Crippen LogP contribution is 2.34. The summed E-state index contributed by atoms with van der Waals surface area (Å²) >= 11 is 3.75. The summed E-state index contributed by atoms with van der Waals surface area (Å²) in [4.78, 5) is 0.611. The molecule has 2 aliphatic carbocycles. The van der Waals surface area contributed by atoms with E-state index < -0.39 is 0 Å². The maximum atomic E-state index is 6.07. The van der Waals surface area contributed by atoms with Crippen LogP contribution in [0.1, 0.15) is 51.9 Å². The SMILES string of the molecule is CC(COC1CCCCC1Br)C1CCC1. The van der Waals surface area contributed by atoms with E-state index in [9.17, 15) is 0 Å². The Kier molecular flexibility index (Phi) is 4.51. The Labute approximate surface area is 102 Å². The van der Waals surface area contributed by atoms with Crippen LogP contribution >= 0.6 is 15.9 Å². The molecule has 88 valence electrons. The lowest BCUT2D eigenvalue weighted by atomic mass is 9.77. The van der Waals surface area contributed by atoms with Crippen molar-refractivity contribution in [3.63, 3.8) is 0 Å². The first-order chi connectivity index (χ1) is 7.27. The number of rotatable bonds is 4. The number of hydrogen-bond donors (Lipinski definition) is 0. The minimum atomic E-state index is 0.487. The molecule has 0 aromatic rings. The molecule has 0 aromatic heterocycles. The second-order valence-corrected chi connectivity index (χ2v) is 6.52. The average Bonchev–Trinajstić information content (AvgIpc) is 2.14. The lowest BCUT2D eigenvalue weighted by Gasteiger charge is -2.34. The quantitative estimate of drug-likeness (QED) is 0.700. The van der Waals surface area contributed by atoms with Crippen molar-refractivity contribution in [2.24, 2.45) is 11.8 Å². The highest BCUT2D eigenvalue weighted by Gasteiger charge is 2.27. The molecule has 0 aliphatic heterocycles. The highest BCUT2D eigenvalue weighted by molar-refractivity contribution is 9.09. The summed E-state index contributed by atoms with van der Waals surface area (Å²) < 4.78 is 6.07. The lowest BCUT2D eigenvalue weighted by Crippen LogP contribution is -2.32. The van der Waals surface area contributed by atoms with E-state index in [1.54, 1.807) is 0 Å². The highest BCUT2D eigenvalue weighted by atomic mass is 79.9. The fourth-order valence-corrected chi connectivity index (χ4v) is 3.40. The molecular weight excluding hydrogens is 252 g/mol. The Balaban J connectivity index is 1.67. The second kappa shape index (κ2) is 5.67. The van der Waals surface area contributed by atoms with Crippen LogP contribution in [0, 0.1) is 11.8 Å². The van der Waals surface area contributed by atoms with E-state index in [0.717, 1.165) is 18.4 Å². The Bertz CT molecular complexity index is 191. The van der Waals surface area contributed by atoms with Gasteiger partial charge in [0.2, 0.25) is 0 Å². The van der Waals surface area contributed by atoms with Gasteiger partial charge >= 0.3 is 0 Å². The van der Waals surface area contributed by atoms with Crippen molar-refractivity contribution in [3.05, 3.63) is 0 Å². The van der Waals surface area contributed by atoms with Gasteiger partial charge in [0.15, 0.2) is 0 Å². The van der Waals surface area contributed by atoms with Gasteiger partial charge < -0.3 is 4.74 Å². The standard InChI is InChI=1S/C13H23BrO/c1-10(11-5-4-6-11)9-15-13-8-3-2-7-12(13)14/h10-13H,2-9H2,1H3. The number of hydrogen-bond acceptors (Lipinski definition) is 1. The van der Waals surface area contributed by atoms with Gasteiger partial charge in [-0.2, -0.15) is 0 Å². The van der Waals surface area contributed by atoms with Gasteiger partial charge in [-0.05, 0) is 24.7 Å². The van der Waals surface area contributed by atoms with Crippen LogP contribution < -0.4 is 0 Å². The van der Waals surface area contributed by atoms with Crippen LogP contribution in [0.5, 0.6) is 0 Å². The third-order valence-electron chi connectivity index (χ3n) is 4.15. The fourth-order valence-electron chi connectivity index (χ4n) is 2.66. The van der Waals surface area contributed by atoms with Crippen LogP contribution in [0.25, 0.3) is 0 Å². The number of ether oxygens (including phenoxy) is 1. The predicted molar refractivity (Wildman–Crippen MR) is 67.4 cm³/mol. The first kappa shape index (κ1) is 11.9. The minimum absolute atomic E-state index is 0.487. The van der Waals surface area contributed by atoms with Gasteiger partial charge in [-0.3, -0.25) is 0 Å². The van der Waals surface area contributed by atoms with E-state index in [4.69, 9.17) is 4.74 Å². The summed E-state index contributed by atoms with van der Waals surface area (Å²) in [6.07, 6.45) is 10.1. The smallest absolute Gasteiger partial charge is 0.0700 e. The zero-order valence-electron chi connectivity index (χ0n) is 9.75. The molecule has 0 bridgehead atoms. The molecule has 2 fully saturated rings. The zero-order chi connectivity index (χ0) is 10.7. The summed E-state index contributed by atoms with van der Waals surface area (Å²) in [7, 11) is 0. The molecule has 2 heteroatoms. The normalized spacial score (nSPS) is 34.8. The summed E-state index contributed by atoms with van der Waals surface area (Å²) in [6, 6.07) is 0. The van der Waals surface area contributed by atoms with Gasteiger partial charge in [0, 0.05) is 11.4 Å². The molecular formula is C13H23BrO. The molecule has 3 atom stereocenters. The van der Waals surface area contributed by atoms with Gasteiger partial charge in [0.25, 0.3) is 0 Å². The van der Waals surface area contributed by atoms with Gasteiger partial charge in [-0.1, -0.05) is 55.0 Å². The first-order valence-corrected chi connectivity index (χ1v) is 7.44. The van der Waals surface area contributed by atoms with Crippen molar-refractivity contribution in [1.29, 1.82) is 0 Å². The molecule has 0 N–H and O–H groups in total. The summed E-state index contributed by atoms with van der Waals surface area (Å²) in [5.41, 5.74) is 0. The molecule has 15 heavy (non-hydrogen) atoms. The number of halogens is 1. The fraction of sp³-hybridized carbons (Fsp3) is 1.00. The Hall–Kier alpha value is 0.440. The molecule has 0 saturated heterocycles. The Morgan fingerprint density at radius 2 is 1.87 bits per heavy atom. The van der Waals surface area contributed by atoms with Crippen molar-refractivity contribution < 1.29 is 4.74 Å². The van der Waals surface area contributed by atoms with Crippen LogP contribution in [-0.2, 0) is 4.74 Å². The van der Waals surface area contributed by atoms with E-state index in [0.29, 0.717) is 10.9 Å². The van der Waals surface area contributed by atoms with Gasteiger partial charge in [0.1, 0.15) is 0 Å². The van der Waals surface area contributed by atoms with Crippen molar-refractivity contribution in [2.75, 3.05) is 6.61 Å². The molecule has 0 spiro atoms. The summed E-state index contributed by atoms with van der Waals surface area (Å²) in [6.45, 7) is 3.34. The second-order valence-electron chi connectivity index (χ2n) is 5.34. The number of alkyl halides is 1. The van der Waals surface area contributed by atoms with Crippen molar-refractivity contribution in [3.8, 4) is 0 Å². The third kappa shape index (κ3) is 3.20. The van der Waals surface area contributed by atoms with Crippen LogP contribution in [-0.4, -0.2) is 17.5 Å². The Morgan fingerprint density at radius 1 is 1.13 bits per heavy atom. The molecule has 2 saturated carbocycles. The van der Waals surface area contributed by atoms with Gasteiger partial charge in [-0.25, -0.2) is 0 Å². The zero-order valence-corrected chi connectivity index (χ0v) is 11.3. The molecule has 0 aromatic carbocycles. The molecule has 0 amide bonds. The summed E-state index contributed by atoms with van der Waals surface area (Å²) in [5, 5.41) is 0. The lowest BCUT2D eigenvalue weighted by molar-refractivity contribution is -0.00397. The average molecular weight is 275 g/mol. The van der Waals surface area contributed by atoms with Crippen LogP contribution in [0.15, 0.2) is 0 Å². The largest absolute Gasteiger partial charge is 0.377 e. The summed E-state index contributed by atoms with van der Waals surface area (Å²) in [5.74, 6) is 1.74. The molecule has 2 aliphatic rings. The molecule has 0 radical (unpaired) electrons. The van der Waals surface area contributed by atoms with Gasteiger partial charge in [0.05, 0.1) is 6.10 Å². The van der Waals surface area contributed by atoms with Crippen molar-refractivity contribution in [1.82, 2.24) is 0 Å². The van der Waals surface area contributed by atoms with E-state index in [2.05, 4.69) is 22.9 Å². The van der Waals surface area contributed by atoms with E-state index in [1.165, 1.54) is 44.9 Å².